The lowest BCUT2D eigenvalue weighted by Crippen LogP contribution is -2.32. The molecule has 0 saturated carbocycles. The van der Waals surface area contributed by atoms with Gasteiger partial charge in [0.15, 0.2) is 11.5 Å². The average molecular weight is 352 g/mol. The summed E-state index contributed by atoms with van der Waals surface area (Å²) in [6, 6.07) is 11.8. The van der Waals surface area contributed by atoms with E-state index in [1.807, 2.05) is 17.0 Å². The molecule has 1 atom stereocenters. The average Bonchev–Trinajstić information content (AvgIpc) is 3.39. The number of likely N-dealkylation sites (tertiary alicyclic amines) is 1. The molecule has 3 aliphatic heterocycles. The molecule has 1 fully saturated rings. The van der Waals surface area contributed by atoms with E-state index in [-0.39, 0.29) is 12.8 Å². The third-order valence-corrected chi connectivity index (χ3v) is 5.28. The third-order valence-electron chi connectivity index (χ3n) is 5.28. The number of nitrogens with zero attached hydrogens (tertiary/aromatic N) is 1. The Morgan fingerprint density at radius 2 is 1.92 bits per heavy atom. The topological polar surface area (TPSA) is 60.0 Å². The second-order valence-corrected chi connectivity index (χ2v) is 6.90. The maximum atomic E-state index is 12.6. The number of carbonyl (C=O) groups excluding carboxylic acids is 1. The molecular weight excluding hydrogens is 332 g/mol. The molecule has 6 heteroatoms. The Hall–Kier alpha value is -2.89. The first kappa shape index (κ1) is 15.4. The van der Waals surface area contributed by atoms with Gasteiger partial charge in [-0.15, -0.1) is 0 Å². The molecule has 0 aromatic heterocycles. The largest absolute Gasteiger partial charge is 0.493 e. The Labute approximate surface area is 151 Å². The molecule has 0 radical (unpaired) electrons. The summed E-state index contributed by atoms with van der Waals surface area (Å²) in [5.74, 6) is 2.76. The monoisotopic (exact) mass is 352 g/mol. The van der Waals surface area contributed by atoms with Crippen molar-refractivity contribution in [1.82, 2.24) is 4.90 Å². The highest BCUT2D eigenvalue weighted by molar-refractivity contribution is 5.90. The Morgan fingerprint density at radius 3 is 2.88 bits per heavy atom. The van der Waals surface area contributed by atoms with Crippen molar-refractivity contribution >= 4 is 11.7 Å². The van der Waals surface area contributed by atoms with Crippen LogP contribution < -0.4 is 19.5 Å². The fourth-order valence-electron chi connectivity index (χ4n) is 3.85. The SMILES string of the molecule is O=C(Nc1ccc2c(c1)OCO2)N1CC[C@@H](c2ccc3c(c2)CCO3)C1. The molecule has 3 aliphatic rings. The molecule has 6 nitrogen and oxygen atoms in total. The summed E-state index contributed by atoms with van der Waals surface area (Å²) >= 11 is 0. The molecule has 26 heavy (non-hydrogen) atoms. The van der Waals surface area contributed by atoms with E-state index in [0.717, 1.165) is 44.0 Å². The molecule has 5 rings (SSSR count). The first-order valence-corrected chi connectivity index (χ1v) is 8.97. The molecule has 1 saturated heterocycles. The molecule has 0 aliphatic carbocycles. The molecule has 0 unspecified atom stereocenters. The zero-order valence-corrected chi connectivity index (χ0v) is 14.4. The van der Waals surface area contributed by atoms with Gasteiger partial charge in [-0.2, -0.15) is 0 Å². The first-order valence-electron chi connectivity index (χ1n) is 8.97. The number of amides is 2. The number of carbonyl (C=O) groups is 1. The van der Waals surface area contributed by atoms with Crippen molar-refractivity contribution in [3.05, 3.63) is 47.5 Å². The van der Waals surface area contributed by atoms with Gasteiger partial charge in [-0.25, -0.2) is 4.79 Å². The summed E-state index contributed by atoms with van der Waals surface area (Å²) in [5.41, 5.74) is 3.30. The fourth-order valence-corrected chi connectivity index (χ4v) is 3.85. The zero-order chi connectivity index (χ0) is 17.5. The normalized spacial score (nSPS) is 20.0. The van der Waals surface area contributed by atoms with E-state index in [1.165, 1.54) is 11.1 Å². The summed E-state index contributed by atoms with van der Waals surface area (Å²) in [6.07, 6.45) is 1.96. The summed E-state index contributed by atoms with van der Waals surface area (Å²) in [7, 11) is 0. The quantitative estimate of drug-likeness (QED) is 0.900. The van der Waals surface area contributed by atoms with E-state index in [9.17, 15) is 4.79 Å². The van der Waals surface area contributed by atoms with Crippen LogP contribution in [0.5, 0.6) is 17.2 Å². The number of benzene rings is 2. The van der Waals surface area contributed by atoms with Gasteiger partial charge < -0.3 is 24.4 Å². The van der Waals surface area contributed by atoms with Gasteiger partial charge in [-0.1, -0.05) is 12.1 Å². The number of urea groups is 1. The predicted molar refractivity (Wildman–Crippen MR) is 96.2 cm³/mol. The van der Waals surface area contributed by atoms with Crippen LogP contribution in [0.4, 0.5) is 10.5 Å². The van der Waals surface area contributed by atoms with Crippen LogP contribution >= 0.6 is 0 Å². The second kappa shape index (κ2) is 6.12. The summed E-state index contributed by atoms with van der Waals surface area (Å²) in [4.78, 5) is 14.5. The minimum atomic E-state index is -0.0733. The van der Waals surface area contributed by atoms with Gasteiger partial charge in [0.05, 0.1) is 6.61 Å². The van der Waals surface area contributed by atoms with Gasteiger partial charge in [0, 0.05) is 37.2 Å². The second-order valence-electron chi connectivity index (χ2n) is 6.90. The number of anilines is 1. The summed E-state index contributed by atoms with van der Waals surface area (Å²) in [5, 5.41) is 2.96. The Bertz CT molecular complexity index is 867. The molecular formula is C20H20N2O4. The smallest absolute Gasteiger partial charge is 0.321 e. The highest BCUT2D eigenvalue weighted by atomic mass is 16.7. The molecule has 2 aromatic rings. The van der Waals surface area contributed by atoms with Crippen LogP contribution in [0.15, 0.2) is 36.4 Å². The lowest BCUT2D eigenvalue weighted by atomic mass is 9.96. The van der Waals surface area contributed by atoms with Crippen molar-refractivity contribution in [2.24, 2.45) is 0 Å². The van der Waals surface area contributed by atoms with E-state index in [4.69, 9.17) is 14.2 Å². The van der Waals surface area contributed by atoms with Crippen LogP contribution in [-0.4, -0.2) is 37.4 Å². The van der Waals surface area contributed by atoms with Crippen LogP contribution in [0.2, 0.25) is 0 Å². The molecule has 0 spiro atoms. The van der Waals surface area contributed by atoms with Gasteiger partial charge in [0.2, 0.25) is 6.79 Å². The maximum Gasteiger partial charge on any atom is 0.321 e. The number of ether oxygens (including phenoxy) is 3. The van der Waals surface area contributed by atoms with Crippen molar-refractivity contribution < 1.29 is 19.0 Å². The van der Waals surface area contributed by atoms with Crippen LogP contribution in [-0.2, 0) is 6.42 Å². The molecule has 1 N–H and O–H groups in total. The minimum Gasteiger partial charge on any atom is -0.493 e. The molecule has 134 valence electrons. The highest BCUT2D eigenvalue weighted by Crippen LogP contribution is 2.35. The van der Waals surface area contributed by atoms with Gasteiger partial charge in [0.1, 0.15) is 5.75 Å². The van der Waals surface area contributed by atoms with Crippen molar-refractivity contribution in [3.63, 3.8) is 0 Å². The van der Waals surface area contributed by atoms with E-state index >= 15 is 0 Å². The van der Waals surface area contributed by atoms with E-state index < -0.39 is 0 Å². The van der Waals surface area contributed by atoms with Gasteiger partial charge in [-0.05, 0) is 35.7 Å². The van der Waals surface area contributed by atoms with Gasteiger partial charge >= 0.3 is 6.03 Å². The van der Waals surface area contributed by atoms with Crippen molar-refractivity contribution in [2.45, 2.75) is 18.8 Å². The van der Waals surface area contributed by atoms with E-state index in [0.29, 0.717) is 17.4 Å². The van der Waals surface area contributed by atoms with Crippen molar-refractivity contribution in [1.29, 1.82) is 0 Å². The van der Waals surface area contributed by atoms with Crippen LogP contribution in [0.3, 0.4) is 0 Å². The zero-order valence-electron chi connectivity index (χ0n) is 14.4. The number of fused-ring (bicyclic) bond motifs is 2. The van der Waals surface area contributed by atoms with Crippen LogP contribution in [0, 0.1) is 0 Å². The van der Waals surface area contributed by atoms with Gasteiger partial charge in [0.25, 0.3) is 0 Å². The van der Waals surface area contributed by atoms with Gasteiger partial charge in [-0.3, -0.25) is 0 Å². The summed E-state index contributed by atoms with van der Waals surface area (Å²) in [6.45, 7) is 2.49. The van der Waals surface area contributed by atoms with Crippen molar-refractivity contribution in [2.75, 3.05) is 31.8 Å². The minimum absolute atomic E-state index is 0.0733. The predicted octanol–water partition coefficient (Wildman–Crippen LogP) is 3.37. The Morgan fingerprint density at radius 1 is 1.04 bits per heavy atom. The Balaban J connectivity index is 1.25. The van der Waals surface area contributed by atoms with E-state index in [1.54, 1.807) is 6.07 Å². The number of hydrogen-bond acceptors (Lipinski definition) is 4. The lowest BCUT2D eigenvalue weighted by Gasteiger charge is -2.18. The molecule has 3 heterocycles. The number of nitrogens with one attached hydrogen (secondary N) is 1. The van der Waals surface area contributed by atoms with E-state index in [2.05, 4.69) is 23.5 Å². The maximum absolute atomic E-state index is 12.6. The molecule has 0 bridgehead atoms. The lowest BCUT2D eigenvalue weighted by molar-refractivity contribution is 0.174. The molecule has 2 amide bonds. The number of hydrogen-bond donors (Lipinski definition) is 1. The third kappa shape index (κ3) is 2.71. The van der Waals surface area contributed by atoms with Crippen LogP contribution in [0.1, 0.15) is 23.5 Å². The van der Waals surface area contributed by atoms with Crippen LogP contribution in [0.25, 0.3) is 0 Å². The first-order chi connectivity index (χ1) is 12.8. The van der Waals surface area contributed by atoms with Crippen molar-refractivity contribution in [3.8, 4) is 17.2 Å². The fraction of sp³-hybridized carbons (Fsp3) is 0.350. The summed E-state index contributed by atoms with van der Waals surface area (Å²) < 4.78 is 16.2. The standard InChI is InChI=1S/C20H20N2O4/c23-20(21-16-2-4-18-19(10-16)26-12-25-18)22-7-5-15(11-22)13-1-3-17-14(9-13)6-8-24-17/h1-4,9-10,15H,5-8,11-12H2,(H,21,23)/t15-/m1/s1. The number of rotatable bonds is 2. The Kier molecular flexibility index (Phi) is 3.62. The highest BCUT2D eigenvalue weighted by Gasteiger charge is 2.28. The molecule has 2 aromatic carbocycles.